The molecule has 1 aliphatic carbocycles. The average molecular weight is 676 g/mol. The standard InChI is InChI=1S/C31H32ClF2N5O6S/c1-4-21-15-39(46(42,43)26-10-20(32)13-35-30(26)44-21)14-19-9-18(8-17-6-5-7-22(17)19)24(12-27(40)41)23-11-25(45-31(33)34)29-28(16(23)2)36-37-38(29)3/h8-11,13,21,24,31H,4-7,12,14-15H2,1-3H3,(H,40,41)/t21-,24+/m1/s1. The Morgan fingerprint density at radius 3 is 2.74 bits per heavy atom. The fourth-order valence-electron chi connectivity index (χ4n) is 6.53. The van der Waals surface area contributed by atoms with Crippen molar-refractivity contribution >= 4 is 38.6 Å². The SMILES string of the molecule is CC[C@@H]1CN(Cc2cc([C@H](CC(=O)O)c3cc(OC(F)F)c4c(nnn4C)c3C)cc3c2CCC3)S(=O)(=O)c2cc(Cl)cnc2O1. The first-order valence-corrected chi connectivity index (χ1v) is 16.7. The number of benzene rings is 2. The summed E-state index contributed by atoms with van der Waals surface area (Å²) >= 11 is 6.15. The van der Waals surface area contributed by atoms with Crippen molar-refractivity contribution in [3.05, 3.63) is 68.9 Å². The number of pyridine rings is 1. The van der Waals surface area contributed by atoms with E-state index in [0.717, 1.165) is 36.0 Å². The lowest BCUT2D eigenvalue weighted by molar-refractivity contribution is -0.137. The Morgan fingerprint density at radius 2 is 2.02 bits per heavy atom. The summed E-state index contributed by atoms with van der Waals surface area (Å²) in [5.74, 6) is -2.05. The highest BCUT2D eigenvalue weighted by Crippen LogP contribution is 2.41. The first kappa shape index (κ1) is 32.1. The Morgan fingerprint density at radius 1 is 1.24 bits per heavy atom. The number of ether oxygens (including phenoxy) is 2. The van der Waals surface area contributed by atoms with Crippen molar-refractivity contribution in [2.24, 2.45) is 7.05 Å². The van der Waals surface area contributed by atoms with Crippen LogP contribution in [0.25, 0.3) is 11.0 Å². The predicted octanol–water partition coefficient (Wildman–Crippen LogP) is 5.38. The van der Waals surface area contributed by atoms with Crippen molar-refractivity contribution in [2.75, 3.05) is 6.54 Å². The largest absolute Gasteiger partial charge is 0.481 e. The molecule has 2 atom stereocenters. The second-order valence-corrected chi connectivity index (χ2v) is 13.9. The number of aromatic nitrogens is 4. The van der Waals surface area contributed by atoms with Gasteiger partial charge < -0.3 is 14.6 Å². The molecule has 2 aliphatic rings. The number of carbonyl (C=O) groups is 1. The lowest BCUT2D eigenvalue weighted by Crippen LogP contribution is -2.36. The van der Waals surface area contributed by atoms with Crippen LogP contribution in [0.15, 0.2) is 35.4 Å². The molecule has 6 rings (SSSR count). The molecule has 1 aliphatic heterocycles. The van der Waals surface area contributed by atoms with Crippen molar-refractivity contribution in [3.63, 3.8) is 0 Å². The molecule has 2 aromatic carbocycles. The lowest BCUT2D eigenvalue weighted by Gasteiger charge is -2.26. The Bertz CT molecular complexity index is 1950. The number of rotatable bonds is 9. The summed E-state index contributed by atoms with van der Waals surface area (Å²) in [4.78, 5) is 16.3. The summed E-state index contributed by atoms with van der Waals surface area (Å²) in [6.07, 6.45) is 3.36. The number of carboxylic acid groups (broad SMARTS) is 1. The van der Waals surface area contributed by atoms with Gasteiger partial charge in [-0.3, -0.25) is 4.79 Å². The van der Waals surface area contributed by atoms with E-state index in [4.69, 9.17) is 21.1 Å². The van der Waals surface area contributed by atoms with Gasteiger partial charge in [0.1, 0.15) is 22.0 Å². The van der Waals surface area contributed by atoms with Crippen molar-refractivity contribution < 1.29 is 36.6 Å². The minimum atomic E-state index is -4.09. The van der Waals surface area contributed by atoms with Gasteiger partial charge in [0.05, 0.1) is 18.0 Å². The zero-order valence-corrected chi connectivity index (χ0v) is 26.9. The summed E-state index contributed by atoms with van der Waals surface area (Å²) in [5, 5.41) is 18.3. The summed E-state index contributed by atoms with van der Waals surface area (Å²) in [6, 6.07) is 6.55. The van der Waals surface area contributed by atoms with Crippen LogP contribution in [0.2, 0.25) is 5.02 Å². The molecular weight excluding hydrogens is 644 g/mol. The van der Waals surface area contributed by atoms with Gasteiger partial charge in [0.2, 0.25) is 15.9 Å². The van der Waals surface area contributed by atoms with E-state index in [1.54, 1.807) is 14.0 Å². The maximum atomic E-state index is 14.0. The maximum absolute atomic E-state index is 14.0. The van der Waals surface area contributed by atoms with Crippen LogP contribution in [-0.4, -0.2) is 63.0 Å². The normalized spacial score (nSPS) is 18.2. The highest BCUT2D eigenvalue weighted by Gasteiger charge is 2.37. The van der Waals surface area contributed by atoms with Crippen molar-refractivity contribution in [1.29, 1.82) is 0 Å². The molecule has 2 aromatic heterocycles. The van der Waals surface area contributed by atoms with E-state index in [1.165, 1.54) is 27.3 Å². The van der Waals surface area contributed by atoms with E-state index in [-0.39, 0.29) is 46.6 Å². The van der Waals surface area contributed by atoms with E-state index in [0.29, 0.717) is 28.6 Å². The molecule has 46 heavy (non-hydrogen) atoms. The molecule has 1 N–H and O–H groups in total. The van der Waals surface area contributed by atoms with Crippen LogP contribution >= 0.6 is 11.6 Å². The number of nitrogens with zero attached hydrogens (tertiary/aromatic N) is 5. The third kappa shape index (κ3) is 5.89. The smallest absolute Gasteiger partial charge is 0.387 e. The van der Waals surface area contributed by atoms with Crippen molar-refractivity contribution in [3.8, 4) is 11.6 Å². The molecule has 0 saturated heterocycles. The van der Waals surface area contributed by atoms with Gasteiger partial charge in [0.25, 0.3) is 0 Å². The van der Waals surface area contributed by atoms with Gasteiger partial charge >= 0.3 is 12.6 Å². The first-order chi connectivity index (χ1) is 21.9. The molecular formula is C31H32ClF2N5O6S. The number of sulfonamides is 1. The molecule has 15 heteroatoms. The van der Waals surface area contributed by atoms with Crippen molar-refractivity contribution in [1.82, 2.24) is 24.3 Å². The first-order valence-electron chi connectivity index (χ1n) is 14.8. The molecule has 0 bridgehead atoms. The van der Waals surface area contributed by atoms with Crippen molar-refractivity contribution in [2.45, 2.75) is 76.0 Å². The van der Waals surface area contributed by atoms with Gasteiger partial charge in [0, 0.05) is 25.7 Å². The summed E-state index contributed by atoms with van der Waals surface area (Å²) in [6.45, 7) is 0.591. The minimum Gasteiger partial charge on any atom is -0.481 e. The second-order valence-electron chi connectivity index (χ2n) is 11.6. The van der Waals surface area contributed by atoms with Gasteiger partial charge in [-0.2, -0.15) is 13.1 Å². The fourth-order valence-corrected chi connectivity index (χ4v) is 8.30. The van der Waals surface area contributed by atoms with E-state index in [2.05, 4.69) is 15.3 Å². The molecule has 0 saturated carbocycles. The number of aryl methyl sites for hydroxylation is 3. The Hall–Kier alpha value is -3.88. The molecule has 4 aromatic rings. The van der Waals surface area contributed by atoms with E-state index in [9.17, 15) is 27.1 Å². The third-order valence-corrected chi connectivity index (χ3v) is 10.7. The highest BCUT2D eigenvalue weighted by atomic mass is 35.5. The molecule has 0 unspecified atom stereocenters. The van der Waals surface area contributed by atoms with E-state index >= 15 is 0 Å². The quantitative estimate of drug-likeness (QED) is 0.248. The zero-order chi connectivity index (χ0) is 32.9. The number of carboxylic acids is 1. The molecule has 0 amide bonds. The summed E-state index contributed by atoms with van der Waals surface area (Å²) in [7, 11) is -2.53. The molecule has 0 radical (unpaired) electrons. The number of hydrogen-bond donors (Lipinski definition) is 1. The Balaban J connectivity index is 1.49. The lowest BCUT2D eigenvalue weighted by atomic mass is 9.83. The number of fused-ring (bicyclic) bond motifs is 3. The van der Waals surface area contributed by atoms with Crippen LogP contribution in [0.4, 0.5) is 8.78 Å². The molecule has 11 nitrogen and oxygen atoms in total. The van der Waals surface area contributed by atoms with Crippen LogP contribution in [0.5, 0.6) is 11.6 Å². The van der Waals surface area contributed by atoms with Gasteiger partial charge in [-0.15, -0.1) is 5.10 Å². The fraction of sp³-hybridized carbons (Fsp3) is 0.419. The van der Waals surface area contributed by atoms with E-state index in [1.807, 2.05) is 19.1 Å². The summed E-state index contributed by atoms with van der Waals surface area (Å²) in [5.41, 5.74) is 4.97. The number of hydrogen-bond acceptors (Lipinski definition) is 8. The van der Waals surface area contributed by atoms with Gasteiger partial charge in [-0.1, -0.05) is 35.9 Å². The van der Waals surface area contributed by atoms with Gasteiger partial charge in [-0.25, -0.2) is 18.1 Å². The number of aliphatic carboxylic acids is 1. The zero-order valence-electron chi connectivity index (χ0n) is 25.3. The number of halogens is 3. The van der Waals surface area contributed by atoms with Crippen LogP contribution in [-0.2, 0) is 41.3 Å². The average Bonchev–Trinajstić information content (AvgIpc) is 3.62. The Kier molecular flexibility index (Phi) is 8.63. The topological polar surface area (TPSA) is 137 Å². The number of alkyl halides is 2. The molecule has 0 fully saturated rings. The van der Waals surface area contributed by atoms with Gasteiger partial charge in [0.15, 0.2) is 5.75 Å². The van der Waals surface area contributed by atoms with Gasteiger partial charge in [-0.05, 0) is 78.1 Å². The van der Waals surface area contributed by atoms with Crippen LogP contribution < -0.4 is 9.47 Å². The maximum Gasteiger partial charge on any atom is 0.387 e. The van der Waals surface area contributed by atoms with Crippen LogP contribution in [0.1, 0.15) is 65.5 Å². The Labute approximate surface area is 269 Å². The minimum absolute atomic E-state index is 0.00375. The van der Waals surface area contributed by atoms with Crippen LogP contribution in [0, 0.1) is 6.92 Å². The molecule has 3 heterocycles. The monoisotopic (exact) mass is 675 g/mol. The predicted molar refractivity (Wildman–Crippen MR) is 164 cm³/mol. The molecule has 244 valence electrons. The van der Waals surface area contributed by atoms with E-state index < -0.39 is 34.6 Å². The highest BCUT2D eigenvalue weighted by molar-refractivity contribution is 7.89. The van der Waals surface area contributed by atoms with Crippen LogP contribution in [0.3, 0.4) is 0 Å². The third-order valence-electron chi connectivity index (χ3n) is 8.73. The second kappa shape index (κ2) is 12.4. The molecule has 0 spiro atoms. The summed E-state index contributed by atoms with van der Waals surface area (Å²) < 4.78 is 68.5.